The maximum absolute atomic E-state index is 12.1. The zero-order valence-corrected chi connectivity index (χ0v) is 12.1. The van der Waals surface area contributed by atoms with E-state index >= 15 is 0 Å². The van der Waals surface area contributed by atoms with Crippen LogP contribution in [0.15, 0.2) is 12.1 Å². The van der Waals surface area contributed by atoms with Crippen LogP contribution in [-0.4, -0.2) is 32.1 Å². The van der Waals surface area contributed by atoms with E-state index in [-0.39, 0.29) is 18.9 Å². The molecule has 0 radical (unpaired) electrons. The van der Waals surface area contributed by atoms with Gasteiger partial charge in [-0.2, -0.15) is 0 Å². The van der Waals surface area contributed by atoms with Gasteiger partial charge in [-0.3, -0.25) is 0 Å². The molecule has 3 rings (SSSR count). The van der Waals surface area contributed by atoms with Gasteiger partial charge in [-0.25, -0.2) is 4.79 Å². The summed E-state index contributed by atoms with van der Waals surface area (Å²) in [5.41, 5.74) is 1.68. The van der Waals surface area contributed by atoms with Crippen molar-refractivity contribution in [3.63, 3.8) is 0 Å². The van der Waals surface area contributed by atoms with Gasteiger partial charge in [0.2, 0.25) is 6.79 Å². The van der Waals surface area contributed by atoms with Gasteiger partial charge in [-0.1, -0.05) is 0 Å². The van der Waals surface area contributed by atoms with Crippen molar-refractivity contribution in [2.45, 2.75) is 32.2 Å². The maximum atomic E-state index is 12.1. The van der Waals surface area contributed by atoms with E-state index in [0.717, 1.165) is 42.9 Å². The second-order valence-electron chi connectivity index (χ2n) is 5.36. The van der Waals surface area contributed by atoms with Crippen LogP contribution >= 0.6 is 0 Å². The van der Waals surface area contributed by atoms with Crippen LogP contribution in [0.5, 0.6) is 11.5 Å². The number of ether oxygens (including phenoxy) is 3. The second kappa shape index (κ2) is 6.22. The zero-order valence-electron chi connectivity index (χ0n) is 12.1. The number of benzene rings is 1. The predicted octanol–water partition coefficient (Wildman–Crippen LogP) is 2.41. The Labute approximate surface area is 123 Å². The molecule has 2 N–H and O–H groups in total. The molecule has 114 valence electrons. The first-order chi connectivity index (χ1) is 10.2. The molecule has 1 saturated heterocycles. The molecule has 1 fully saturated rings. The van der Waals surface area contributed by atoms with Crippen molar-refractivity contribution in [1.82, 2.24) is 5.32 Å². The Hall–Kier alpha value is -1.95. The summed E-state index contributed by atoms with van der Waals surface area (Å²) in [7, 11) is 0. The summed E-state index contributed by atoms with van der Waals surface area (Å²) in [5.74, 6) is 1.39. The minimum atomic E-state index is -0.191. The number of carbonyl (C=O) groups is 1. The van der Waals surface area contributed by atoms with Gasteiger partial charge in [-0.15, -0.1) is 0 Å². The summed E-state index contributed by atoms with van der Waals surface area (Å²) in [5, 5.41) is 5.88. The largest absolute Gasteiger partial charge is 0.454 e. The van der Waals surface area contributed by atoms with E-state index in [1.807, 2.05) is 13.0 Å². The molecule has 1 aromatic carbocycles. The third-order valence-corrected chi connectivity index (χ3v) is 3.75. The van der Waals surface area contributed by atoms with Gasteiger partial charge in [0.05, 0.1) is 0 Å². The first-order valence-electron chi connectivity index (χ1n) is 7.28. The van der Waals surface area contributed by atoms with E-state index in [9.17, 15) is 4.79 Å². The summed E-state index contributed by atoms with van der Waals surface area (Å²) in [6.45, 7) is 3.64. The molecule has 0 aromatic heterocycles. The van der Waals surface area contributed by atoms with Gasteiger partial charge in [0.1, 0.15) is 0 Å². The summed E-state index contributed by atoms with van der Waals surface area (Å²) < 4.78 is 16.0. The molecule has 2 amide bonds. The number of aryl methyl sites for hydroxylation is 1. The lowest BCUT2D eigenvalue weighted by Gasteiger charge is -2.17. The van der Waals surface area contributed by atoms with Crippen molar-refractivity contribution in [2.24, 2.45) is 0 Å². The Morgan fingerprint density at radius 2 is 2.00 bits per heavy atom. The fourth-order valence-corrected chi connectivity index (χ4v) is 2.57. The Kier molecular flexibility index (Phi) is 4.15. The van der Waals surface area contributed by atoms with Crippen LogP contribution < -0.4 is 20.1 Å². The number of rotatable bonds is 2. The third kappa shape index (κ3) is 3.39. The van der Waals surface area contributed by atoms with Crippen LogP contribution in [0.3, 0.4) is 0 Å². The van der Waals surface area contributed by atoms with Crippen molar-refractivity contribution in [3.8, 4) is 11.5 Å². The SMILES string of the molecule is Cc1cc2c(cc1NC(=O)NC1CCCOCC1)OCO2. The average molecular weight is 292 g/mol. The summed E-state index contributed by atoms with van der Waals surface area (Å²) >= 11 is 0. The van der Waals surface area contributed by atoms with E-state index in [2.05, 4.69) is 10.6 Å². The lowest BCUT2D eigenvalue weighted by molar-refractivity contribution is 0.143. The summed E-state index contributed by atoms with van der Waals surface area (Å²) in [6, 6.07) is 3.65. The topological polar surface area (TPSA) is 68.8 Å². The number of nitrogens with one attached hydrogen (secondary N) is 2. The Bertz CT molecular complexity index is 525. The minimum Gasteiger partial charge on any atom is -0.454 e. The van der Waals surface area contributed by atoms with Crippen molar-refractivity contribution in [3.05, 3.63) is 17.7 Å². The smallest absolute Gasteiger partial charge is 0.319 e. The van der Waals surface area contributed by atoms with Crippen molar-refractivity contribution in [1.29, 1.82) is 0 Å². The molecule has 0 bridgehead atoms. The molecular formula is C15H20N2O4. The van der Waals surface area contributed by atoms with Crippen LogP contribution in [0.4, 0.5) is 10.5 Å². The predicted molar refractivity (Wildman–Crippen MR) is 77.9 cm³/mol. The monoisotopic (exact) mass is 292 g/mol. The number of carbonyl (C=O) groups excluding carboxylic acids is 1. The fraction of sp³-hybridized carbons (Fsp3) is 0.533. The van der Waals surface area contributed by atoms with E-state index in [4.69, 9.17) is 14.2 Å². The van der Waals surface area contributed by atoms with Gasteiger partial charge in [-0.05, 0) is 37.8 Å². The molecular weight excluding hydrogens is 272 g/mol. The van der Waals surface area contributed by atoms with Crippen LogP contribution in [0.1, 0.15) is 24.8 Å². The number of hydrogen-bond acceptors (Lipinski definition) is 4. The maximum Gasteiger partial charge on any atom is 0.319 e. The minimum absolute atomic E-state index is 0.168. The van der Waals surface area contributed by atoms with Crippen LogP contribution in [0, 0.1) is 6.92 Å². The summed E-state index contributed by atoms with van der Waals surface area (Å²) in [6.07, 6.45) is 2.79. The molecule has 6 heteroatoms. The Balaban J connectivity index is 1.62. The van der Waals surface area contributed by atoms with E-state index < -0.39 is 0 Å². The standard InChI is InChI=1S/C15H20N2O4/c1-10-7-13-14(21-9-20-13)8-12(10)17-15(18)16-11-3-2-5-19-6-4-11/h7-8,11H,2-6,9H2,1H3,(H2,16,17,18). The van der Waals surface area contributed by atoms with Crippen LogP contribution in [0.25, 0.3) is 0 Å². The number of anilines is 1. The number of urea groups is 1. The van der Waals surface area contributed by atoms with E-state index in [0.29, 0.717) is 12.4 Å². The molecule has 6 nitrogen and oxygen atoms in total. The first kappa shape index (κ1) is 14.0. The normalized spacial score (nSPS) is 20.7. The quantitative estimate of drug-likeness (QED) is 0.878. The molecule has 2 aliphatic heterocycles. The van der Waals surface area contributed by atoms with Crippen molar-refractivity contribution < 1.29 is 19.0 Å². The number of amides is 2. The lowest BCUT2D eigenvalue weighted by atomic mass is 10.1. The molecule has 0 spiro atoms. The third-order valence-electron chi connectivity index (χ3n) is 3.75. The van der Waals surface area contributed by atoms with Gasteiger partial charge in [0.25, 0.3) is 0 Å². The fourth-order valence-electron chi connectivity index (χ4n) is 2.57. The van der Waals surface area contributed by atoms with Gasteiger partial charge in [0, 0.05) is 31.0 Å². The zero-order chi connectivity index (χ0) is 14.7. The Morgan fingerprint density at radius 3 is 2.86 bits per heavy atom. The highest BCUT2D eigenvalue weighted by atomic mass is 16.7. The summed E-state index contributed by atoms with van der Waals surface area (Å²) in [4.78, 5) is 12.1. The van der Waals surface area contributed by atoms with E-state index in [1.54, 1.807) is 6.07 Å². The molecule has 1 atom stereocenters. The highest BCUT2D eigenvalue weighted by molar-refractivity contribution is 5.90. The average Bonchev–Trinajstić information content (AvgIpc) is 2.74. The van der Waals surface area contributed by atoms with Gasteiger partial charge >= 0.3 is 6.03 Å². The first-order valence-corrected chi connectivity index (χ1v) is 7.28. The van der Waals surface area contributed by atoms with E-state index in [1.165, 1.54) is 0 Å². The highest BCUT2D eigenvalue weighted by Crippen LogP contribution is 2.36. The molecule has 1 unspecified atom stereocenters. The van der Waals surface area contributed by atoms with Crippen LogP contribution in [-0.2, 0) is 4.74 Å². The van der Waals surface area contributed by atoms with Gasteiger partial charge in [0.15, 0.2) is 11.5 Å². The molecule has 0 aliphatic carbocycles. The molecule has 2 heterocycles. The molecule has 2 aliphatic rings. The van der Waals surface area contributed by atoms with Crippen molar-refractivity contribution >= 4 is 11.7 Å². The van der Waals surface area contributed by atoms with Crippen molar-refractivity contribution in [2.75, 3.05) is 25.3 Å². The number of hydrogen-bond donors (Lipinski definition) is 2. The second-order valence-corrected chi connectivity index (χ2v) is 5.36. The molecule has 21 heavy (non-hydrogen) atoms. The molecule has 0 saturated carbocycles. The lowest BCUT2D eigenvalue weighted by Crippen LogP contribution is -2.38. The van der Waals surface area contributed by atoms with Gasteiger partial charge < -0.3 is 24.8 Å². The molecule has 1 aromatic rings. The van der Waals surface area contributed by atoms with Crippen LogP contribution in [0.2, 0.25) is 0 Å². The highest BCUT2D eigenvalue weighted by Gasteiger charge is 2.18. The number of fused-ring (bicyclic) bond motifs is 1. The Morgan fingerprint density at radius 1 is 1.19 bits per heavy atom.